The number of nitrogens with one attached hydrogen (secondary N) is 3. The predicted octanol–water partition coefficient (Wildman–Crippen LogP) is -1.94. The number of aliphatic carboxylic acids is 1. The molecule has 3 amide bonds. The molecule has 0 aliphatic rings. The van der Waals surface area contributed by atoms with Crippen LogP contribution in [-0.4, -0.2) is 71.8 Å². The molecule has 0 aromatic heterocycles. The van der Waals surface area contributed by atoms with Gasteiger partial charge >= 0.3 is 5.97 Å². The number of unbranched alkanes of at least 4 members (excludes halogenated alkanes) is 2. The molecule has 4 atom stereocenters. The maximum Gasteiger partial charge on any atom is 0.327 e. The van der Waals surface area contributed by atoms with Crippen molar-refractivity contribution in [3.63, 3.8) is 0 Å². The average Bonchev–Trinajstić information content (AvgIpc) is 2.70. The van der Waals surface area contributed by atoms with Gasteiger partial charge in [0.15, 0.2) is 0 Å². The summed E-state index contributed by atoms with van der Waals surface area (Å²) in [6, 6.07) is -3.84. The van der Waals surface area contributed by atoms with Gasteiger partial charge in [0, 0.05) is 5.75 Å². The van der Waals surface area contributed by atoms with Gasteiger partial charge in [-0.05, 0) is 52.1 Å². The van der Waals surface area contributed by atoms with E-state index in [4.69, 9.17) is 22.3 Å². The standard InChI is InChI=1S/C18H36N6O5S/c1-11(22-16(26)12(21)6-2-4-8-19)15(25)23-13(7-3-5-9-20)17(27)24-14(10-30)18(28)29/h11-14,30H,2-10,19-21H2,1H3,(H,22,26)(H,23,25)(H,24,27)(H,28,29). The molecule has 0 aliphatic heterocycles. The molecule has 0 fully saturated rings. The number of nitrogens with two attached hydrogens (primary N) is 3. The van der Waals surface area contributed by atoms with E-state index in [9.17, 15) is 19.2 Å². The Bertz CT molecular complexity index is 565. The zero-order chi connectivity index (χ0) is 23.1. The number of rotatable bonds is 16. The van der Waals surface area contributed by atoms with Crippen LogP contribution in [0.4, 0.5) is 0 Å². The molecular weight excluding hydrogens is 412 g/mol. The first-order chi connectivity index (χ1) is 14.2. The fraction of sp³-hybridized carbons (Fsp3) is 0.778. The molecule has 174 valence electrons. The Morgan fingerprint density at radius 3 is 1.87 bits per heavy atom. The maximum absolute atomic E-state index is 12.5. The molecule has 0 bridgehead atoms. The monoisotopic (exact) mass is 448 g/mol. The summed E-state index contributed by atoms with van der Waals surface area (Å²) in [6.45, 7) is 2.41. The number of carboxylic acids is 1. The van der Waals surface area contributed by atoms with Crippen LogP contribution in [0.15, 0.2) is 0 Å². The van der Waals surface area contributed by atoms with E-state index >= 15 is 0 Å². The lowest BCUT2D eigenvalue weighted by molar-refractivity contribution is -0.141. The third-order valence-electron chi connectivity index (χ3n) is 4.44. The minimum atomic E-state index is -1.23. The molecule has 0 aromatic rings. The predicted molar refractivity (Wildman–Crippen MR) is 117 cm³/mol. The third-order valence-corrected chi connectivity index (χ3v) is 4.80. The van der Waals surface area contributed by atoms with Crippen LogP contribution in [0.5, 0.6) is 0 Å². The van der Waals surface area contributed by atoms with Crippen LogP contribution >= 0.6 is 12.6 Å². The van der Waals surface area contributed by atoms with Crippen LogP contribution in [-0.2, 0) is 19.2 Å². The van der Waals surface area contributed by atoms with Crippen LogP contribution in [0, 0.1) is 0 Å². The van der Waals surface area contributed by atoms with Gasteiger partial charge in [-0.3, -0.25) is 14.4 Å². The summed E-state index contributed by atoms with van der Waals surface area (Å²) in [7, 11) is 0. The smallest absolute Gasteiger partial charge is 0.327 e. The van der Waals surface area contributed by atoms with Crippen LogP contribution in [0.25, 0.3) is 0 Å². The van der Waals surface area contributed by atoms with Crippen molar-refractivity contribution in [1.82, 2.24) is 16.0 Å². The zero-order valence-corrected chi connectivity index (χ0v) is 18.3. The SMILES string of the molecule is CC(NC(=O)C(N)CCCCN)C(=O)NC(CCCCN)C(=O)NC(CS)C(=O)O. The van der Waals surface area contributed by atoms with E-state index < -0.39 is 47.9 Å². The summed E-state index contributed by atoms with van der Waals surface area (Å²) < 4.78 is 0. The van der Waals surface area contributed by atoms with E-state index in [1.54, 1.807) is 0 Å². The third kappa shape index (κ3) is 11.3. The Morgan fingerprint density at radius 1 is 0.833 bits per heavy atom. The molecule has 0 saturated heterocycles. The lowest BCUT2D eigenvalue weighted by Crippen LogP contribution is -2.56. The fourth-order valence-corrected chi connectivity index (χ4v) is 2.79. The highest BCUT2D eigenvalue weighted by Gasteiger charge is 2.28. The van der Waals surface area contributed by atoms with E-state index in [1.807, 2.05) is 0 Å². The van der Waals surface area contributed by atoms with Gasteiger partial charge in [0.1, 0.15) is 18.1 Å². The highest BCUT2D eigenvalue weighted by molar-refractivity contribution is 7.80. The average molecular weight is 449 g/mol. The molecule has 10 N–H and O–H groups in total. The number of amides is 3. The van der Waals surface area contributed by atoms with Crippen molar-refractivity contribution in [1.29, 1.82) is 0 Å². The summed E-state index contributed by atoms with van der Waals surface area (Å²) in [5.41, 5.74) is 16.7. The highest BCUT2D eigenvalue weighted by atomic mass is 32.1. The van der Waals surface area contributed by atoms with E-state index in [0.29, 0.717) is 38.8 Å². The molecule has 11 nitrogen and oxygen atoms in total. The molecule has 0 heterocycles. The van der Waals surface area contributed by atoms with Gasteiger partial charge in [0.25, 0.3) is 0 Å². The van der Waals surface area contributed by atoms with E-state index in [2.05, 4.69) is 28.6 Å². The Kier molecular flexibility index (Phi) is 14.9. The maximum atomic E-state index is 12.5. The molecule has 0 saturated carbocycles. The minimum Gasteiger partial charge on any atom is -0.480 e. The largest absolute Gasteiger partial charge is 0.480 e. The minimum absolute atomic E-state index is 0.0982. The number of hydrogen-bond donors (Lipinski definition) is 8. The van der Waals surface area contributed by atoms with E-state index in [0.717, 1.165) is 6.42 Å². The first-order valence-electron chi connectivity index (χ1n) is 10.1. The summed E-state index contributed by atoms with van der Waals surface area (Å²) in [5, 5.41) is 16.5. The fourth-order valence-electron chi connectivity index (χ4n) is 2.54. The van der Waals surface area contributed by atoms with Gasteiger partial charge < -0.3 is 38.3 Å². The molecule has 30 heavy (non-hydrogen) atoms. The van der Waals surface area contributed by atoms with Crippen molar-refractivity contribution in [2.24, 2.45) is 17.2 Å². The molecule has 4 unspecified atom stereocenters. The normalized spacial score (nSPS) is 14.8. The van der Waals surface area contributed by atoms with Crippen molar-refractivity contribution < 1.29 is 24.3 Å². The molecule has 0 radical (unpaired) electrons. The van der Waals surface area contributed by atoms with Crippen LogP contribution in [0.3, 0.4) is 0 Å². The molecule has 0 spiro atoms. The number of carbonyl (C=O) groups excluding carboxylic acids is 3. The molecule has 0 rings (SSSR count). The van der Waals surface area contributed by atoms with Gasteiger partial charge in [-0.2, -0.15) is 12.6 Å². The Labute approximate surface area is 182 Å². The van der Waals surface area contributed by atoms with Gasteiger partial charge in [0.05, 0.1) is 6.04 Å². The van der Waals surface area contributed by atoms with E-state index in [-0.39, 0.29) is 12.2 Å². The zero-order valence-electron chi connectivity index (χ0n) is 17.4. The number of thiol groups is 1. The number of carboxylic acid groups (broad SMARTS) is 1. The van der Waals surface area contributed by atoms with Crippen molar-refractivity contribution in [2.75, 3.05) is 18.8 Å². The Morgan fingerprint density at radius 2 is 1.37 bits per heavy atom. The lowest BCUT2D eigenvalue weighted by atomic mass is 10.1. The topological polar surface area (TPSA) is 203 Å². The van der Waals surface area contributed by atoms with Gasteiger partial charge in [-0.15, -0.1) is 0 Å². The Balaban J connectivity index is 4.89. The van der Waals surface area contributed by atoms with E-state index in [1.165, 1.54) is 6.92 Å². The van der Waals surface area contributed by atoms with Crippen LogP contribution < -0.4 is 33.2 Å². The Hall–Kier alpha value is -1.89. The summed E-state index contributed by atoms with van der Waals surface area (Å²) in [4.78, 5) is 48.2. The van der Waals surface area contributed by atoms with Crippen LogP contribution in [0.2, 0.25) is 0 Å². The molecule has 0 aliphatic carbocycles. The highest BCUT2D eigenvalue weighted by Crippen LogP contribution is 2.04. The van der Waals surface area contributed by atoms with Crippen molar-refractivity contribution in [2.45, 2.75) is 69.6 Å². The second kappa shape index (κ2) is 15.9. The molecule has 12 heteroatoms. The quantitative estimate of drug-likeness (QED) is 0.0983. The van der Waals surface area contributed by atoms with Crippen molar-refractivity contribution in [3.8, 4) is 0 Å². The van der Waals surface area contributed by atoms with Gasteiger partial charge in [-0.1, -0.05) is 6.42 Å². The van der Waals surface area contributed by atoms with Crippen molar-refractivity contribution >= 4 is 36.3 Å². The number of carbonyl (C=O) groups is 4. The first-order valence-corrected chi connectivity index (χ1v) is 10.7. The van der Waals surface area contributed by atoms with Gasteiger partial charge in [-0.25, -0.2) is 4.79 Å². The van der Waals surface area contributed by atoms with Gasteiger partial charge in [0.2, 0.25) is 17.7 Å². The first kappa shape index (κ1) is 28.1. The lowest BCUT2D eigenvalue weighted by Gasteiger charge is -2.23. The second-order valence-corrected chi connectivity index (χ2v) is 7.41. The summed E-state index contributed by atoms with van der Waals surface area (Å²) in [6.07, 6.45) is 3.36. The second-order valence-electron chi connectivity index (χ2n) is 7.05. The van der Waals surface area contributed by atoms with Crippen LogP contribution in [0.1, 0.15) is 45.4 Å². The number of hydrogen-bond acceptors (Lipinski definition) is 8. The summed E-state index contributed by atoms with van der Waals surface area (Å²) in [5.74, 6) is -3.02. The van der Waals surface area contributed by atoms with Crippen molar-refractivity contribution in [3.05, 3.63) is 0 Å². The summed E-state index contributed by atoms with van der Waals surface area (Å²) >= 11 is 3.91. The molecular formula is C18H36N6O5S. The molecule has 0 aromatic carbocycles.